The number of anilines is 1. The van der Waals surface area contributed by atoms with Gasteiger partial charge >= 0.3 is 0 Å². The molecule has 2 aliphatic rings. The van der Waals surface area contributed by atoms with E-state index < -0.39 is 0 Å². The first-order chi connectivity index (χ1) is 10.3. The topological polar surface area (TPSA) is 41.1 Å². The summed E-state index contributed by atoms with van der Waals surface area (Å²) in [4.78, 5) is 11.6. The molecule has 0 saturated carbocycles. The van der Waals surface area contributed by atoms with Crippen LogP contribution in [0.15, 0.2) is 11.7 Å². The summed E-state index contributed by atoms with van der Waals surface area (Å²) in [6, 6.07) is 2.05. The molecule has 2 unspecified atom stereocenters. The van der Waals surface area contributed by atoms with Crippen molar-refractivity contribution in [2.24, 2.45) is 0 Å². The molecule has 4 nitrogen and oxygen atoms in total. The van der Waals surface area contributed by atoms with E-state index in [-0.39, 0.29) is 0 Å². The second-order valence-corrected chi connectivity index (χ2v) is 7.22. The maximum atomic E-state index is 4.64. The summed E-state index contributed by atoms with van der Waals surface area (Å²) in [6.45, 7) is 5.40. The fourth-order valence-corrected chi connectivity index (χ4v) is 5.03. The molecular weight excluding hydrogens is 280 g/mol. The summed E-state index contributed by atoms with van der Waals surface area (Å²) in [5.41, 5.74) is 2.39. The molecule has 4 heterocycles. The van der Waals surface area contributed by atoms with E-state index in [2.05, 4.69) is 39.4 Å². The summed E-state index contributed by atoms with van der Waals surface area (Å²) >= 11 is 1.78. The smallest absolute Gasteiger partial charge is 0.150 e. The van der Waals surface area contributed by atoms with Crippen molar-refractivity contribution in [3.8, 4) is 0 Å². The molecule has 112 valence electrons. The molecule has 0 spiro atoms. The Morgan fingerprint density at radius 3 is 2.76 bits per heavy atom. The van der Waals surface area contributed by atoms with Crippen molar-refractivity contribution in [1.29, 1.82) is 0 Å². The van der Waals surface area contributed by atoms with Crippen molar-refractivity contribution in [2.75, 3.05) is 11.4 Å². The number of fused-ring (bicyclic) bond motifs is 3. The van der Waals surface area contributed by atoms with Gasteiger partial charge in [-0.15, -0.1) is 11.3 Å². The number of rotatable bonds is 3. The van der Waals surface area contributed by atoms with Gasteiger partial charge < -0.3 is 10.2 Å². The number of thiophene rings is 1. The standard InChI is InChI=1S/C16H22N4S/c1-3-20(13-6-11-4-5-12(7-13)19-11)16-15-14(17-9-18-16)10(2)8-21-15/h8-9,11-13,19H,3-7H2,1-2H3. The van der Waals surface area contributed by atoms with Gasteiger partial charge in [0.25, 0.3) is 0 Å². The maximum absolute atomic E-state index is 4.64. The van der Waals surface area contributed by atoms with E-state index in [1.807, 2.05) is 0 Å². The molecule has 0 radical (unpaired) electrons. The molecule has 5 heteroatoms. The number of piperidine rings is 1. The summed E-state index contributed by atoms with van der Waals surface area (Å²) in [5, 5.41) is 5.93. The Morgan fingerprint density at radius 1 is 1.29 bits per heavy atom. The first-order valence-electron chi connectivity index (χ1n) is 7.97. The normalized spacial score (nSPS) is 28.2. The lowest BCUT2D eigenvalue weighted by Crippen LogP contribution is -2.48. The van der Waals surface area contributed by atoms with Crippen molar-refractivity contribution >= 4 is 27.4 Å². The van der Waals surface area contributed by atoms with Gasteiger partial charge in [0.1, 0.15) is 12.1 Å². The Morgan fingerprint density at radius 2 is 2.05 bits per heavy atom. The molecule has 2 aromatic rings. The number of aromatic nitrogens is 2. The number of nitrogens with zero attached hydrogens (tertiary/aromatic N) is 3. The maximum Gasteiger partial charge on any atom is 0.150 e. The minimum Gasteiger partial charge on any atom is -0.353 e. The highest BCUT2D eigenvalue weighted by molar-refractivity contribution is 7.18. The third kappa shape index (κ3) is 2.23. The highest BCUT2D eigenvalue weighted by Crippen LogP contribution is 2.36. The SMILES string of the molecule is CCN(c1ncnc2c(C)csc12)C1CC2CCC(C1)N2. The zero-order chi connectivity index (χ0) is 14.4. The van der Waals surface area contributed by atoms with Crippen LogP contribution in [-0.2, 0) is 0 Å². The van der Waals surface area contributed by atoms with Crippen molar-refractivity contribution in [1.82, 2.24) is 15.3 Å². The van der Waals surface area contributed by atoms with Gasteiger partial charge in [0, 0.05) is 24.7 Å². The molecular formula is C16H22N4S. The highest BCUT2D eigenvalue weighted by atomic mass is 32.1. The second kappa shape index (κ2) is 5.21. The summed E-state index contributed by atoms with van der Waals surface area (Å²) in [5.74, 6) is 1.15. The predicted molar refractivity (Wildman–Crippen MR) is 88.1 cm³/mol. The van der Waals surface area contributed by atoms with Gasteiger partial charge in [0.15, 0.2) is 0 Å². The second-order valence-electron chi connectivity index (χ2n) is 6.34. The fraction of sp³-hybridized carbons (Fsp3) is 0.625. The Bertz CT molecular complexity index is 641. The van der Waals surface area contributed by atoms with Gasteiger partial charge in [-0.25, -0.2) is 9.97 Å². The molecule has 2 fully saturated rings. The van der Waals surface area contributed by atoms with Crippen molar-refractivity contribution < 1.29 is 0 Å². The average molecular weight is 302 g/mol. The van der Waals surface area contributed by atoms with Crippen LogP contribution in [0.1, 0.15) is 38.2 Å². The molecule has 2 aliphatic heterocycles. The van der Waals surface area contributed by atoms with Crippen LogP contribution in [0.25, 0.3) is 10.2 Å². The molecule has 2 bridgehead atoms. The van der Waals surface area contributed by atoms with Gasteiger partial charge in [0.2, 0.25) is 0 Å². The first kappa shape index (κ1) is 13.5. The molecule has 4 rings (SSSR count). The Balaban J connectivity index is 1.71. The number of aryl methyl sites for hydroxylation is 1. The van der Waals surface area contributed by atoms with E-state index in [0.717, 1.165) is 17.9 Å². The monoisotopic (exact) mass is 302 g/mol. The molecule has 0 aliphatic carbocycles. The van der Waals surface area contributed by atoms with Gasteiger partial charge in [-0.1, -0.05) is 0 Å². The number of nitrogens with one attached hydrogen (secondary N) is 1. The molecule has 0 amide bonds. The van der Waals surface area contributed by atoms with Gasteiger partial charge in [-0.05, 0) is 50.5 Å². The summed E-state index contributed by atoms with van der Waals surface area (Å²) in [7, 11) is 0. The van der Waals surface area contributed by atoms with Crippen LogP contribution < -0.4 is 10.2 Å². The molecule has 1 N–H and O–H groups in total. The zero-order valence-corrected chi connectivity index (χ0v) is 13.5. The Hall–Kier alpha value is -1.20. The lowest BCUT2D eigenvalue weighted by atomic mass is 9.98. The van der Waals surface area contributed by atoms with Crippen LogP contribution in [-0.4, -0.2) is 34.6 Å². The molecule has 2 aromatic heterocycles. The zero-order valence-electron chi connectivity index (χ0n) is 12.7. The van der Waals surface area contributed by atoms with E-state index in [0.29, 0.717) is 18.1 Å². The van der Waals surface area contributed by atoms with Crippen molar-refractivity contribution in [3.05, 3.63) is 17.3 Å². The van der Waals surface area contributed by atoms with Crippen LogP contribution in [0, 0.1) is 6.92 Å². The van der Waals surface area contributed by atoms with Crippen LogP contribution in [0.3, 0.4) is 0 Å². The molecule has 2 saturated heterocycles. The average Bonchev–Trinajstić information content (AvgIpc) is 3.04. The molecule has 0 aromatic carbocycles. The Kier molecular flexibility index (Phi) is 3.34. The first-order valence-corrected chi connectivity index (χ1v) is 8.85. The van der Waals surface area contributed by atoms with E-state index in [1.54, 1.807) is 17.7 Å². The number of hydrogen-bond donors (Lipinski definition) is 1. The third-order valence-corrected chi connectivity index (χ3v) is 6.10. The molecule has 21 heavy (non-hydrogen) atoms. The largest absolute Gasteiger partial charge is 0.353 e. The van der Waals surface area contributed by atoms with E-state index in [1.165, 1.54) is 35.9 Å². The van der Waals surface area contributed by atoms with Crippen molar-refractivity contribution in [2.45, 2.75) is 57.7 Å². The predicted octanol–water partition coefficient (Wildman–Crippen LogP) is 3.11. The third-order valence-electron chi connectivity index (χ3n) is 5.01. The van der Waals surface area contributed by atoms with Crippen LogP contribution in [0.4, 0.5) is 5.82 Å². The minimum atomic E-state index is 0.620. The van der Waals surface area contributed by atoms with E-state index in [4.69, 9.17) is 0 Å². The van der Waals surface area contributed by atoms with Gasteiger partial charge in [-0.3, -0.25) is 0 Å². The number of hydrogen-bond acceptors (Lipinski definition) is 5. The van der Waals surface area contributed by atoms with Crippen LogP contribution >= 0.6 is 11.3 Å². The van der Waals surface area contributed by atoms with Gasteiger partial charge in [0.05, 0.1) is 10.2 Å². The fourth-order valence-electron chi connectivity index (χ4n) is 4.02. The molecule has 2 atom stereocenters. The lowest BCUT2D eigenvalue weighted by molar-refractivity contribution is 0.348. The van der Waals surface area contributed by atoms with Crippen molar-refractivity contribution in [3.63, 3.8) is 0 Å². The Labute approximate surface area is 129 Å². The van der Waals surface area contributed by atoms with Gasteiger partial charge in [-0.2, -0.15) is 0 Å². The van der Waals surface area contributed by atoms with E-state index >= 15 is 0 Å². The quantitative estimate of drug-likeness (QED) is 0.946. The minimum absolute atomic E-state index is 0.620. The van der Waals surface area contributed by atoms with Crippen LogP contribution in [0.5, 0.6) is 0 Å². The summed E-state index contributed by atoms with van der Waals surface area (Å²) < 4.78 is 1.25. The summed E-state index contributed by atoms with van der Waals surface area (Å²) in [6.07, 6.45) is 6.92. The van der Waals surface area contributed by atoms with E-state index in [9.17, 15) is 0 Å². The van der Waals surface area contributed by atoms with Crippen LogP contribution in [0.2, 0.25) is 0 Å². The highest BCUT2D eigenvalue weighted by Gasteiger charge is 2.36. The lowest BCUT2D eigenvalue weighted by Gasteiger charge is -2.38.